The Kier molecular flexibility index (Phi) is 10.0. The third-order valence-electron chi connectivity index (χ3n) is 6.54. The van der Waals surface area contributed by atoms with Crippen LogP contribution < -0.4 is 0 Å². The van der Waals surface area contributed by atoms with E-state index in [4.69, 9.17) is 9.84 Å². The number of aliphatic carboxylic acids is 1. The lowest BCUT2D eigenvalue weighted by Gasteiger charge is -2.43. The molecule has 0 saturated carbocycles. The summed E-state index contributed by atoms with van der Waals surface area (Å²) in [6.45, 7) is 7.22. The molecule has 2 aliphatic carbocycles. The van der Waals surface area contributed by atoms with Crippen molar-refractivity contribution in [3.63, 3.8) is 0 Å². The van der Waals surface area contributed by atoms with Gasteiger partial charge in [-0.1, -0.05) is 45.4 Å². The lowest BCUT2D eigenvalue weighted by atomic mass is 9.66. The van der Waals surface area contributed by atoms with Gasteiger partial charge in [0.05, 0.1) is 30.8 Å². The van der Waals surface area contributed by atoms with Crippen molar-refractivity contribution in [1.29, 1.82) is 0 Å². The number of hydrogen-bond acceptors (Lipinski definition) is 5. The minimum atomic E-state index is -1.06. The fourth-order valence-corrected chi connectivity index (χ4v) is 5.00. The third kappa shape index (κ3) is 7.49. The van der Waals surface area contributed by atoms with Gasteiger partial charge in [-0.25, -0.2) is 0 Å². The van der Waals surface area contributed by atoms with Crippen molar-refractivity contribution in [1.82, 2.24) is 0 Å². The monoisotopic (exact) mass is 424 g/mol. The van der Waals surface area contributed by atoms with Crippen LogP contribution >= 0.6 is 0 Å². The molecule has 0 fully saturated rings. The Hall–Kier alpha value is -1.21. The molecule has 2 rings (SSSR count). The summed E-state index contributed by atoms with van der Waals surface area (Å²) in [5.74, 6) is 0.185. The predicted molar refractivity (Wildman–Crippen MR) is 116 cm³/mol. The van der Waals surface area contributed by atoms with Gasteiger partial charge in [-0.2, -0.15) is 0 Å². The summed E-state index contributed by atoms with van der Waals surface area (Å²) >= 11 is 0. The molecule has 0 aromatic rings. The maximum absolute atomic E-state index is 10.7. The van der Waals surface area contributed by atoms with Gasteiger partial charge in [0.2, 0.25) is 0 Å². The maximum atomic E-state index is 10.7. The molecular weight excluding hydrogens is 384 g/mol. The van der Waals surface area contributed by atoms with Gasteiger partial charge in [0.25, 0.3) is 0 Å². The van der Waals surface area contributed by atoms with Crippen LogP contribution in [0.1, 0.15) is 65.7 Å². The zero-order chi connectivity index (χ0) is 22.3. The number of carbonyl (C=O) groups is 1. The van der Waals surface area contributed by atoms with E-state index in [2.05, 4.69) is 32.9 Å². The first-order chi connectivity index (χ1) is 14.2. The van der Waals surface area contributed by atoms with Crippen LogP contribution in [0.5, 0.6) is 0 Å². The number of aliphatic hydroxyl groups excluding tert-OH is 3. The van der Waals surface area contributed by atoms with E-state index < -0.39 is 24.3 Å². The molecule has 6 nitrogen and oxygen atoms in total. The van der Waals surface area contributed by atoms with Crippen molar-refractivity contribution in [2.24, 2.45) is 23.7 Å². The van der Waals surface area contributed by atoms with Crippen molar-refractivity contribution >= 4 is 5.97 Å². The number of carboxylic acid groups (broad SMARTS) is 1. The van der Waals surface area contributed by atoms with Crippen molar-refractivity contribution < 1.29 is 30.0 Å². The number of rotatable bonds is 12. The van der Waals surface area contributed by atoms with E-state index in [1.807, 2.05) is 6.08 Å². The Morgan fingerprint density at radius 1 is 1.27 bits per heavy atom. The average molecular weight is 425 g/mol. The Morgan fingerprint density at radius 3 is 2.67 bits per heavy atom. The highest BCUT2D eigenvalue weighted by molar-refractivity contribution is 5.67. The lowest BCUT2D eigenvalue weighted by Crippen LogP contribution is -2.42. The maximum Gasteiger partial charge on any atom is 0.305 e. The molecule has 8 atom stereocenters. The zero-order valence-corrected chi connectivity index (χ0v) is 18.6. The first kappa shape index (κ1) is 25.1. The Labute approximate surface area is 180 Å². The van der Waals surface area contributed by atoms with Crippen LogP contribution in [0.3, 0.4) is 0 Å². The predicted octanol–water partition coefficient (Wildman–Crippen LogP) is 3.30. The molecule has 4 N–H and O–H groups in total. The van der Waals surface area contributed by atoms with E-state index in [0.717, 1.165) is 24.8 Å². The van der Waals surface area contributed by atoms with Crippen molar-refractivity contribution in [2.75, 3.05) is 6.61 Å². The smallest absolute Gasteiger partial charge is 0.305 e. The molecule has 0 aromatic heterocycles. The summed E-state index contributed by atoms with van der Waals surface area (Å²) in [6.07, 6.45) is 7.70. The number of allylic oxidation sites excluding steroid dienone is 2. The molecule has 0 heterocycles. The molecule has 0 amide bonds. The molecule has 0 spiro atoms. The summed E-state index contributed by atoms with van der Waals surface area (Å²) < 4.78 is 6.33. The second-order valence-electron chi connectivity index (χ2n) is 9.36. The van der Waals surface area contributed by atoms with E-state index in [1.165, 1.54) is 0 Å². The second-order valence-corrected chi connectivity index (χ2v) is 9.36. The number of carboxylic acids is 1. The summed E-state index contributed by atoms with van der Waals surface area (Å²) in [6, 6.07) is 0. The van der Waals surface area contributed by atoms with Gasteiger partial charge in [-0.3, -0.25) is 4.79 Å². The molecule has 0 aromatic carbocycles. The van der Waals surface area contributed by atoms with Crippen LogP contribution in [-0.4, -0.2) is 57.4 Å². The molecule has 0 aliphatic heterocycles. The average Bonchev–Trinajstić information content (AvgIpc) is 2.65. The second kappa shape index (κ2) is 12.0. The fourth-order valence-electron chi connectivity index (χ4n) is 5.00. The first-order valence-electron chi connectivity index (χ1n) is 11.5. The van der Waals surface area contributed by atoms with Crippen molar-refractivity contribution in [2.45, 2.75) is 90.1 Å². The Balaban J connectivity index is 2.02. The van der Waals surface area contributed by atoms with Crippen molar-refractivity contribution in [3.05, 3.63) is 23.8 Å². The topological polar surface area (TPSA) is 107 Å². The highest BCUT2D eigenvalue weighted by Crippen LogP contribution is 2.44. The molecule has 30 heavy (non-hydrogen) atoms. The van der Waals surface area contributed by atoms with Crippen LogP contribution in [0.2, 0.25) is 0 Å². The fraction of sp³-hybridized carbons (Fsp3) is 0.792. The van der Waals surface area contributed by atoms with Gasteiger partial charge < -0.3 is 25.2 Å². The summed E-state index contributed by atoms with van der Waals surface area (Å²) in [4.78, 5) is 10.7. The number of ether oxygens (including phenoxy) is 1. The van der Waals surface area contributed by atoms with Gasteiger partial charge in [-0.15, -0.1) is 0 Å². The van der Waals surface area contributed by atoms with Gasteiger partial charge in [-0.05, 0) is 49.0 Å². The van der Waals surface area contributed by atoms with Crippen LogP contribution in [-0.2, 0) is 9.53 Å². The van der Waals surface area contributed by atoms with E-state index in [0.29, 0.717) is 31.3 Å². The van der Waals surface area contributed by atoms with E-state index in [1.54, 1.807) is 0 Å². The zero-order valence-electron chi connectivity index (χ0n) is 18.6. The van der Waals surface area contributed by atoms with E-state index in [-0.39, 0.29) is 30.8 Å². The van der Waals surface area contributed by atoms with Crippen LogP contribution in [0.25, 0.3) is 0 Å². The lowest BCUT2D eigenvalue weighted by molar-refractivity contribution is -0.139. The highest BCUT2D eigenvalue weighted by atomic mass is 16.5. The van der Waals surface area contributed by atoms with Gasteiger partial charge in [0.15, 0.2) is 0 Å². The number of aliphatic hydroxyl groups is 3. The third-order valence-corrected chi connectivity index (χ3v) is 6.54. The summed E-state index contributed by atoms with van der Waals surface area (Å²) in [5.41, 5.74) is 1.12. The minimum absolute atomic E-state index is 0.0496. The largest absolute Gasteiger partial charge is 0.481 e. The molecule has 0 unspecified atom stereocenters. The minimum Gasteiger partial charge on any atom is -0.481 e. The first-order valence-corrected chi connectivity index (χ1v) is 11.5. The van der Waals surface area contributed by atoms with E-state index >= 15 is 0 Å². The normalized spacial score (nSPS) is 31.5. The molecule has 172 valence electrons. The number of hydrogen-bond donors (Lipinski definition) is 4. The SMILES string of the molecule is CCC[C@H](C)CO[C@H]1C[C@H](O)C=C2C=C[C@@H](C)[C@H](CC[C@@H](O)C[C@@H](O)CC(=O)O)[C@H]21. The molecule has 0 radical (unpaired) electrons. The molecule has 6 heteroatoms. The number of fused-ring (bicyclic) bond motifs is 1. The van der Waals surface area contributed by atoms with Crippen molar-refractivity contribution in [3.8, 4) is 0 Å². The molecular formula is C24H40O6. The Bertz CT molecular complexity index is 601. The molecule has 0 saturated heterocycles. The highest BCUT2D eigenvalue weighted by Gasteiger charge is 2.40. The summed E-state index contributed by atoms with van der Waals surface area (Å²) in [5, 5.41) is 39.2. The Morgan fingerprint density at radius 2 is 2.00 bits per heavy atom. The van der Waals surface area contributed by atoms with Crippen LogP contribution in [0.15, 0.2) is 23.8 Å². The quantitative estimate of drug-likeness (QED) is 0.383. The molecule has 2 aliphatic rings. The van der Waals surface area contributed by atoms with Crippen LogP contribution in [0.4, 0.5) is 0 Å². The van der Waals surface area contributed by atoms with Gasteiger partial charge in [0, 0.05) is 18.9 Å². The van der Waals surface area contributed by atoms with Gasteiger partial charge >= 0.3 is 5.97 Å². The standard InChI is InChI=1S/C24H40O6/c1-4-5-15(2)14-30-22-12-19(26)10-17-7-6-16(3)21(24(17)22)9-8-18(25)11-20(27)13-23(28)29/h6-7,10,15-16,18-22,24-27H,4-5,8-9,11-14H2,1-3H3,(H,28,29)/t15-,16+,18+,19+,20+,21-,22-,24-/m0/s1. The van der Waals surface area contributed by atoms with Crippen LogP contribution in [0, 0.1) is 23.7 Å². The van der Waals surface area contributed by atoms with Gasteiger partial charge in [0.1, 0.15) is 0 Å². The molecule has 0 bridgehead atoms. The van der Waals surface area contributed by atoms with E-state index in [9.17, 15) is 20.1 Å². The summed E-state index contributed by atoms with van der Waals surface area (Å²) in [7, 11) is 0.